The Kier molecular flexibility index (Phi) is 3.16. The molecule has 0 heterocycles. The molecule has 0 N–H and O–H groups in total. The van der Waals surface area contributed by atoms with E-state index in [2.05, 4.69) is 0 Å². The van der Waals surface area contributed by atoms with Gasteiger partial charge in [0, 0.05) is 0 Å². The predicted molar refractivity (Wildman–Crippen MR) is 34.3 cm³/mol. The molecule has 0 bridgehead atoms. The zero-order valence-electron chi connectivity index (χ0n) is 5.53. The summed E-state index contributed by atoms with van der Waals surface area (Å²) < 4.78 is 12.0. The van der Waals surface area contributed by atoms with Gasteiger partial charge in [-0.1, -0.05) is 11.6 Å². The van der Waals surface area contributed by atoms with E-state index in [-0.39, 0.29) is 5.83 Å². The monoisotopic (exact) mass is 114 g/mol. The Morgan fingerprint density at radius 2 is 1.88 bits per heavy atom. The van der Waals surface area contributed by atoms with Gasteiger partial charge >= 0.3 is 0 Å². The van der Waals surface area contributed by atoms with Gasteiger partial charge in [0.15, 0.2) is 0 Å². The highest BCUT2D eigenvalue weighted by Crippen LogP contribution is 2.00. The minimum atomic E-state index is -0.138. The van der Waals surface area contributed by atoms with Crippen molar-refractivity contribution in [2.24, 2.45) is 0 Å². The van der Waals surface area contributed by atoms with Crippen LogP contribution in [0.15, 0.2) is 23.6 Å². The number of halogens is 1. The number of hydrogen-bond donors (Lipinski definition) is 0. The molecule has 8 heavy (non-hydrogen) atoms. The molecule has 0 amide bonds. The molecule has 0 aromatic carbocycles. The normalized spacial score (nSPS) is 14.5. The quantitative estimate of drug-likeness (QED) is 0.460. The molecular weight excluding hydrogens is 103 g/mol. The smallest absolute Gasteiger partial charge is 0.0971 e. The van der Waals surface area contributed by atoms with Crippen LogP contribution in [0.4, 0.5) is 4.39 Å². The van der Waals surface area contributed by atoms with Gasteiger partial charge in [-0.2, -0.15) is 0 Å². The molecule has 0 unspecified atom stereocenters. The van der Waals surface area contributed by atoms with E-state index in [4.69, 9.17) is 0 Å². The van der Waals surface area contributed by atoms with Gasteiger partial charge in [-0.05, 0) is 26.8 Å². The summed E-state index contributed by atoms with van der Waals surface area (Å²) in [4.78, 5) is 0. The van der Waals surface area contributed by atoms with Crippen molar-refractivity contribution >= 4 is 0 Å². The largest absolute Gasteiger partial charge is 0.212 e. The summed E-state index contributed by atoms with van der Waals surface area (Å²) in [7, 11) is 0. The fourth-order valence-electron chi connectivity index (χ4n) is 0.397. The lowest BCUT2D eigenvalue weighted by molar-refractivity contribution is 0.639. The summed E-state index contributed by atoms with van der Waals surface area (Å²) in [5, 5.41) is 0. The molecule has 0 aliphatic heterocycles. The second-order valence-electron chi connectivity index (χ2n) is 1.76. The van der Waals surface area contributed by atoms with E-state index in [0.29, 0.717) is 0 Å². The fourth-order valence-corrected chi connectivity index (χ4v) is 0.397. The lowest BCUT2D eigenvalue weighted by atomic mass is 10.3. The summed E-state index contributed by atoms with van der Waals surface area (Å²) in [5.74, 6) is -0.138. The lowest BCUT2D eigenvalue weighted by Crippen LogP contribution is -1.66. The summed E-state index contributed by atoms with van der Waals surface area (Å²) in [6, 6.07) is 0. The third-order valence-corrected chi connectivity index (χ3v) is 0.882. The second kappa shape index (κ2) is 3.42. The van der Waals surface area contributed by atoms with E-state index in [9.17, 15) is 4.39 Å². The first kappa shape index (κ1) is 7.41. The molecular formula is C7H11F. The van der Waals surface area contributed by atoms with E-state index in [1.807, 2.05) is 19.9 Å². The zero-order chi connectivity index (χ0) is 6.57. The highest BCUT2D eigenvalue weighted by Gasteiger charge is 1.80. The molecule has 0 aromatic heterocycles. The number of allylic oxidation sites excluding steroid dienone is 4. The van der Waals surface area contributed by atoms with Crippen LogP contribution in [0.25, 0.3) is 0 Å². The van der Waals surface area contributed by atoms with Crippen LogP contribution in [0.1, 0.15) is 20.8 Å². The SMILES string of the molecule is C/C=C(C)/C=C(\C)F. The van der Waals surface area contributed by atoms with Crippen LogP contribution in [0, 0.1) is 0 Å². The van der Waals surface area contributed by atoms with Crippen LogP contribution in [0.2, 0.25) is 0 Å². The first-order valence-electron chi connectivity index (χ1n) is 2.63. The van der Waals surface area contributed by atoms with Crippen molar-refractivity contribution in [3.8, 4) is 0 Å². The van der Waals surface area contributed by atoms with Gasteiger partial charge in [0.2, 0.25) is 0 Å². The molecule has 0 nitrogen and oxygen atoms in total. The Hall–Kier alpha value is -0.590. The van der Waals surface area contributed by atoms with Crippen molar-refractivity contribution < 1.29 is 4.39 Å². The molecule has 0 saturated carbocycles. The topological polar surface area (TPSA) is 0 Å². The molecule has 0 aliphatic rings. The van der Waals surface area contributed by atoms with Crippen molar-refractivity contribution in [2.75, 3.05) is 0 Å². The van der Waals surface area contributed by atoms with E-state index in [1.165, 1.54) is 13.0 Å². The van der Waals surface area contributed by atoms with Crippen LogP contribution < -0.4 is 0 Å². The van der Waals surface area contributed by atoms with Crippen LogP contribution in [-0.2, 0) is 0 Å². The Balaban J connectivity index is 3.89. The van der Waals surface area contributed by atoms with E-state index in [1.54, 1.807) is 0 Å². The van der Waals surface area contributed by atoms with Crippen molar-refractivity contribution in [3.05, 3.63) is 23.6 Å². The van der Waals surface area contributed by atoms with Crippen LogP contribution in [0.5, 0.6) is 0 Å². The van der Waals surface area contributed by atoms with Gasteiger partial charge in [0.1, 0.15) is 0 Å². The van der Waals surface area contributed by atoms with Gasteiger partial charge in [-0.15, -0.1) is 0 Å². The average molecular weight is 114 g/mol. The summed E-state index contributed by atoms with van der Waals surface area (Å²) in [5.41, 5.74) is 0.963. The Morgan fingerprint density at radius 3 is 2.00 bits per heavy atom. The maximum Gasteiger partial charge on any atom is 0.0971 e. The first-order chi connectivity index (χ1) is 3.66. The summed E-state index contributed by atoms with van der Waals surface area (Å²) in [6.07, 6.45) is 3.36. The molecule has 0 aromatic rings. The molecule has 0 atom stereocenters. The zero-order valence-corrected chi connectivity index (χ0v) is 5.53. The molecule has 1 heteroatoms. The number of rotatable bonds is 1. The molecule has 0 rings (SSSR count). The van der Waals surface area contributed by atoms with Gasteiger partial charge in [-0.3, -0.25) is 0 Å². The van der Waals surface area contributed by atoms with Crippen molar-refractivity contribution in [1.29, 1.82) is 0 Å². The Labute approximate surface area is 49.7 Å². The minimum Gasteiger partial charge on any atom is -0.212 e. The van der Waals surface area contributed by atoms with Gasteiger partial charge < -0.3 is 0 Å². The van der Waals surface area contributed by atoms with Crippen LogP contribution in [0.3, 0.4) is 0 Å². The maximum absolute atomic E-state index is 12.0. The second-order valence-corrected chi connectivity index (χ2v) is 1.76. The summed E-state index contributed by atoms with van der Waals surface area (Å²) in [6.45, 7) is 5.19. The lowest BCUT2D eigenvalue weighted by Gasteiger charge is -1.85. The van der Waals surface area contributed by atoms with Gasteiger partial charge in [0.05, 0.1) is 5.83 Å². The van der Waals surface area contributed by atoms with Gasteiger partial charge in [-0.25, -0.2) is 4.39 Å². The fraction of sp³-hybridized carbons (Fsp3) is 0.429. The third-order valence-electron chi connectivity index (χ3n) is 0.882. The van der Waals surface area contributed by atoms with Crippen LogP contribution in [-0.4, -0.2) is 0 Å². The van der Waals surface area contributed by atoms with Crippen molar-refractivity contribution in [2.45, 2.75) is 20.8 Å². The molecule has 0 saturated heterocycles. The molecule has 0 fully saturated rings. The van der Waals surface area contributed by atoms with E-state index in [0.717, 1.165) is 5.57 Å². The Morgan fingerprint density at radius 1 is 1.38 bits per heavy atom. The van der Waals surface area contributed by atoms with Crippen molar-refractivity contribution in [1.82, 2.24) is 0 Å². The van der Waals surface area contributed by atoms with E-state index < -0.39 is 0 Å². The molecule has 0 aliphatic carbocycles. The maximum atomic E-state index is 12.0. The van der Waals surface area contributed by atoms with Crippen molar-refractivity contribution in [3.63, 3.8) is 0 Å². The molecule has 46 valence electrons. The standard InChI is InChI=1S/C7H11F/c1-4-6(2)5-7(3)8/h4-5H,1-3H3/b6-4+,7-5+. The third kappa shape index (κ3) is 3.59. The average Bonchev–Trinajstić information content (AvgIpc) is 1.65. The van der Waals surface area contributed by atoms with Crippen LogP contribution >= 0.6 is 0 Å². The predicted octanol–water partition coefficient (Wildman–Crippen LogP) is 2.83. The number of hydrogen-bond acceptors (Lipinski definition) is 0. The highest BCUT2D eigenvalue weighted by molar-refractivity contribution is 5.16. The highest BCUT2D eigenvalue weighted by atomic mass is 19.1. The summed E-state index contributed by atoms with van der Waals surface area (Å²) >= 11 is 0. The molecule has 0 radical (unpaired) electrons. The molecule has 0 spiro atoms. The minimum absolute atomic E-state index is 0.138. The Bertz CT molecular complexity index is 116. The van der Waals surface area contributed by atoms with Gasteiger partial charge in [0.25, 0.3) is 0 Å². The van der Waals surface area contributed by atoms with E-state index >= 15 is 0 Å². The first-order valence-corrected chi connectivity index (χ1v) is 2.63.